The number of aryl methyl sites for hydroxylation is 1. The van der Waals surface area contributed by atoms with Crippen LogP contribution in [0, 0.1) is 18.8 Å². The molecule has 0 aliphatic rings. The van der Waals surface area contributed by atoms with Crippen LogP contribution in [0.5, 0.6) is 0 Å². The Balaban J connectivity index is 1.51. The number of carboxylic acids is 1. The molecule has 2 aromatic heterocycles. The summed E-state index contributed by atoms with van der Waals surface area (Å²) in [5.41, 5.74) is 2.69. The van der Waals surface area contributed by atoms with Gasteiger partial charge in [-0.05, 0) is 43.5 Å². The molecule has 2 aromatic carbocycles. The van der Waals surface area contributed by atoms with Crippen molar-refractivity contribution in [3.8, 4) is 11.8 Å². The number of furan rings is 1. The molecule has 2 heterocycles. The number of ether oxygens (including phenoxy) is 1. The molecule has 0 aliphatic heterocycles. The van der Waals surface area contributed by atoms with Crippen molar-refractivity contribution in [3.63, 3.8) is 0 Å². The van der Waals surface area contributed by atoms with Crippen molar-refractivity contribution in [2.75, 3.05) is 5.32 Å². The summed E-state index contributed by atoms with van der Waals surface area (Å²) in [5.74, 6) is 4.83. The van der Waals surface area contributed by atoms with Crippen LogP contribution in [-0.4, -0.2) is 22.3 Å². The molecular weight excluding hydrogens is 412 g/mol. The summed E-state index contributed by atoms with van der Waals surface area (Å²) >= 11 is 0. The standard InChI is InChI=1S/C24H18N2O6/c1-14-22(25-24(29)31-15(2)17-6-4-3-5-7-17)20(32-26-14)11-9-16-8-10-18-19(23(27)28)13-30-21(18)12-16/h3-8,10,12-13,15H,1-2H3,(H,25,29)(H,27,28)/t15-/m1/s1. The van der Waals surface area contributed by atoms with Gasteiger partial charge in [0.1, 0.15) is 34.9 Å². The zero-order valence-corrected chi connectivity index (χ0v) is 17.2. The average Bonchev–Trinajstić information content (AvgIpc) is 3.36. The minimum atomic E-state index is -1.07. The average molecular weight is 430 g/mol. The van der Waals surface area contributed by atoms with Crippen molar-refractivity contribution in [1.82, 2.24) is 5.16 Å². The molecule has 0 saturated heterocycles. The minimum absolute atomic E-state index is 0.0834. The quantitative estimate of drug-likeness (QED) is 0.431. The SMILES string of the molecule is Cc1noc(C#Cc2ccc3c(C(=O)O)coc3c2)c1NC(=O)O[C@H](C)c1ccccc1. The topological polar surface area (TPSA) is 115 Å². The summed E-state index contributed by atoms with van der Waals surface area (Å²) in [6.07, 6.45) is 0.0872. The fraction of sp³-hybridized carbons (Fsp3) is 0.125. The molecule has 1 atom stereocenters. The maximum absolute atomic E-state index is 12.4. The molecule has 32 heavy (non-hydrogen) atoms. The number of aromatic carboxylic acids is 1. The van der Waals surface area contributed by atoms with Crippen LogP contribution < -0.4 is 5.32 Å². The number of fused-ring (bicyclic) bond motifs is 1. The molecule has 0 radical (unpaired) electrons. The van der Waals surface area contributed by atoms with E-state index in [0.29, 0.717) is 27.9 Å². The van der Waals surface area contributed by atoms with Crippen LogP contribution in [0.4, 0.5) is 10.5 Å². The van der Waals surface area contributed by atoms with Gasteiger partial charge in [0.2, 0.25) is 5.76 Å². The monoisotopic (exact) mass is 430 g/mol. The summed E-state index contributed by atoms with van der Waals surface area (Å²) in [5, 5.41) is 16.1. The number of carboxylic acid groups (broad SMARTS) is 1. The van der Waals surface area contributed by atoms with Gasteiger partial charge in [-0.1, -0.05) is 41.4 Å². The minimum Gasteiger partial charge on any atom is -0.478 e. The van der Waals surface area contributed by atoms with E-state index in [2.05, 4.69) is 22.3 Å². The Bertz CT molecular complexity index is 1360. The highest BCUT2D eigenvalue weighted by molar-refractivity contribution is 6.02. The van der Waals surface area contributed by atoms with E-state index in [1.807, 2.05) is 30.3 Å². The molecule has 0 saturated carbocycles. The van der Waals surface area contributed by atoms with Crippen LogP contribution in [-0.2, 0) is 4.74 Å². The smallest absolute Gasteiger partial charge is 0.412 e. The van der Waals surface area contributed by atoms with Crippen molar-refractivity contribution in [1.29, 1.82) is 0 Å². The van der Waals surface area contributed by atoms with Gasteiger partial charge < -0.3 is 18.8 Å². The third-order valence-corrected chi connectivity index (χ3v) is 4.77. The number of amides is 1. The van der Waals surface area contributed by atoms with Gasteiger partial charge >= 0.3 is 12.1 Å². The van der Waals surface area contributed by atoms with Crippen molar-refractivity contribution < 1.29 is 28.4 Å². The lowest BCUT2D eigenvalue weighted by molar-refractivity contribution is 0.0698. The zero-order chi connectivity index (χ0) is 22.7. The van der Waals surface area contributed by atoms with E-state index >= 15 is 0 Å². The summed E-state index contributed by atoms with van der Waals surface area (Å²) in [4.78, 5) is 23.6. The van der Waals surface area contributed by atoms with Gasteiger partial charge in [0.25, 0.3) is 0 Å². The molecule has 0 unspecified atom stereocenters. The molecule has 2 N–H and O–H groups in total. The molecule has 8 nitrogen and oxygen atoms in total. The van der Waals surface area contributed by atoms with Crippen molar-refractivity contribution in [2.45, 2.75) is 20.0 Å². The second kappa shape index (κ2) is 8.70. The highest BCUT2D eigenvalue weighted by atomic mass is 16.6. The predicted octanol–water partition coefficient (Wildman–Crippen LogP) is 5.14. The first-order valence-electron chi connectivity index (χ1n) is 9.68. The highest BCUT2D eigenvalue weighted by Crippen LogP contribution is 2.24. The third-order valence-electron chi connectivity index (χ3n) is 4.77. The summed E-state index contributed by atoms with van der Waals surface area (Å²) < 4.78 is 16.0. The van der Waals surface area contributed by atoms with Gasteiger partial charge in [0, 0.05) is 10.9 Å². The second-order valence-corrected chi connectivity index (χ2v) is 6.97. The molecule has 1 amide bonds. The Kier molecular flexibility index (Phi) is 5.64. The summed E-state index contributed by atoms with van der Waals surface area (Å²) in [6.45, 7) is 3.45. The van der Waals surface area contributed by atoms with E-state index in [0.717, 1.165) is 5.56 Å². The molecule has 0 aliphatic carbocycles. The lowest BCUT2D eigenvalue weighted by Gasteiger charge is -2.13. The van der Waals surface area contributed by atoms with Crippen molar-refractivity contribution >= 4 is 28.7 Å². The Morgan fingerprint density at radius 3 is 2.69 bits per heavy atom. The molecule has 4 rings (SSSR count). The van der Waals surface area contributed by atoms with Crippen LogP contribution in [0.3, 0.4) is 0 Å². The predicted molar refractivity (Wildman–Crippen MR) is 115 cm³/mol. The Morgan fingerprint density at radius 1 is 1.16 bits per heavy atom. The number of anilines is 1. The Labute approximate surface area is 182 Å². The fourth-order valence-corrected chi connectivity index (χ4v) is 3.09. The van der Waals surface area contributed by atoms with E-state index in [9.17, 15) is 9.59 Å². The number of carbonyl (C=O) groups is 2. The highest BCUT2D eigenvalue weighted by Gasteiger charge is 2.18. The largest absolute Gasteiger partial charge is 0.478 e. The van der Waals surface area contributed by atoms with Crippen molar-refractivity contribution in [3.05, 3.63) is 82.9 Å². The summed E-state index contributed by atoms with van der Waals surface area (Å²) in [7, 11) is 0. The van der Waals surface area contributed by atoms with Crippen LogP contribution in [0.15, 0.2) is 63.7 Å². The Morgan fingerprint density at radius 2 is 1.94 bits per heavy atom. The number of benzene rings is 2. The van der Waals surface area contributed by atoms with Gasteiger partial charge in [-0.2, -0.15) is 0 Å². The van der Waals surface area contributed by atoms with E-state index in [1.54, 1.807) is 32.0 Å². The molecular formula is C24H18N2O6. The lowest BCUT2D eigenvalue weighted by atomic mass is 10.1. The number of nitrogens with one attached hydrogen (secondary N) is 1. The lowest BCUT2D eigenvalue weighted by Crippen LogP contribution is -2.16. The third kappa shape index (κ3) is 4.32. The Hall–Kier alpha value is -4.51. The van der Waals surface area contributed by atoms with E-state index in [4.69, 9.17) is 18.8 Å². The number of nitrogens with zero attached hydrogens (tertiary/aromatic N) is 1. The maximum Gasteiger partial charge on any atom is 0.412 e. The molecule has 0 fully saturated rings. The molecule has 0 bridgehead atoms. The number of rotatable bonds is 4. The fourth-order valence-electron chi connectivity index (χ4n) is 3.09. The van der Waals surface area contributed by atoms with Crippen LogP contribution >= 0.6 is 0 Å². The molecule has 0 spiro atoms. The molecule has 4 aromatic rings. The van der Waals surface area contributed by atoms with Gasteiger partial charge in [-0.15, -0.1) is 0 Å². The van der Waals surface area contributed by atoms with E-state index < -0.39 is 18.2 Å². The number of aromatic nitrogens is 1. The van der Waals surface area contributed by atoms with Gasteiger partial charge in [-0.25, -0.2) is 9.59 Å². The molecule has 160 valence electrons. The van der Waals surface area contributed by atoms with Gasteiger partial charge in [0.05, 0.1) is 0 Å². The van der Waals surface area contributed by atoms with E-state index in [-0.39, 0.29) is 11.3 Å². The number of hydrogen-bond donors (Lipinski definition) is 2. The molecule has 8 heteroatoms. The first-order valence-corrected chi connectivity index (χ1v) is 9.68. The van der Waals surface area contributed by atoms with Crippen molar-refractivity contribution in [2.24, 2.45) is 0 Å². The van der Waals surface area contributed by atoms with Gasteiger partial charge in [-0.3, -0.25) is 5.32 Å². The van der Waals surface area contributed by atoms with Crippen LogP contribution in [0.1, 0.15) is 46.0 Å². The number of hydrogen-bond acceptors (Lipinski definition) is 6. The normalized spacial score (nSPS) is 11.4. The number of carbonyl (C=O) groups excluding carboxylic acids is 1. The van der Waals surface area contributed by atoms with Crippen LogP contribution in [0.2, 0.25) is 0 Å². The first-order chi connectivity index (χ1) is 15.4. The first kappa shape index (κ1) is 20.8. The van der Waals surface area contributed by atoms with E-state index in [1.165, 1.54) is 6.26 Å². The zero-order valence-electron chi connectivity index (χ0n) is 17.2. The maximum atomic E-state index is 12.4. The van der Waals surface area contributed by atoms with Crippen LogP contribution in [0.25, 0.3) is 11.0 Å². The second-order valence-electron chi connectivity index (χ2n) is 6.97. The van der Waals surface area contributed by atoms with Gasteiger partial charge in [0.15, 0.2) is 0 Å². The summed E-state index contributed by atoms with van der Waals surface area (Å²) in [6, 6.07) is 14.3.